The third kappa shape index (κ3) is 3.89. The van der Waals surface area contributed by atoms with Gasteiger partial charge in [-0.1, -0.05) is 35.5 Å². The van der Waals surface area contributed by atoms with E-state index in [9.17, 15) is 9.70 Å². The van der Waals surface area contributed by atoms with Crippen LogP contribution >= 0.6 is 0 Å². The number of aliphatic carboxylic acids is 1. The van der Waals surface area contributed by atoms with Gasteiger partial charge < -0.3 is 5.11 Å². The standard InChI is InChI=1S/C11H13NO3/c13-11(14)10(12-15)8-4-7-9-5-2-1-3-6-9/h1-3,5-6,10H,4,7-8H2,(H,13,14). The molecule has 0 fully saturated rings. The lowest BCUT2D eigenvalue weighted by Gasteiger charge is -2.03. The number of aryl methyl sites for hydroxylation is 1. The van der Waals surface area contributed by atoms with Crippen LogP contribution in [0.5, 0.6) is 0 Å². The molecule has 1 N–H and O–H groups in total. The van der Waals surface area contributed by atoms with E-state index < -0.39 is 12.0 Å². The largest absolute Gasteiger partial charge is 0.480 e. The van der Waals surface area contributed by atoms with Gasteiger partial charge in [0.25, 0.3) is 0 Å². The summed E-state index contributed by atoms with van der Waals surface area (Å²) in [5.74, 6) is -1.14. The summed E-state index contributed by atoms with van der Waals surface area (Å²) in [5.41, 5.74) is 1.15. The van der Waals surface area contributed by atoms with Gasteiger partial charge in [-0.3, -0.25) is 0 Å². The molecule has 15 heavy (non-hydrogen) atoms. The number of benzene rings is 1. The van der Waals surface area contributed by atoms with Crippen LogP contribution in [0.15, 0.2) is 35.5 Å². The van der Waals surface area contributed by atoms with E-state index >= 15 is 0 Å². The lowest BCUT2D eigenvalue weighted by atomic mass is 10.1. The second kappa shape index (κ2) is 5.90. The molecule has 0 radical (unpaired) electrons. The molecule has 1 unspecified atom stereocenters. The van der Waals surface area contributed by atoms with E-state index in [0.717, 1.165) is 12.0 Å². The van der Waals surface area contributed by atoms with E-state index in [1.54, 1.807) is 0 Å². The van der Waals surface area contributed by atoms with Gasteiger partial charge in [-0.2, -0.15) is 0 Å². The van der Waals surface area contributed by atoms with E-state index in [0.29, 0.717) is 12.8 Å². The molecule has 1 aromatic carbocycles. The number of hydrogen-bond donors (Lipinski definition) is 1. The molecule has 0 saturated heterocycles. The molecule has 0 aliphatic carbocycles. The van der Waals surface area contributed by atoms with Crippen molar-refractivity contribution in [2.24, 2.45) is 5.18 Å². The lowest BCUT2D eigenvalue weighted by molar-refractivity contribution is -0.138. The van der Waals surface area contributed by atoms with Gasteiger partial charge in [-0.05, 0) is 24.8 Å². The van der Waals surface area contributed by atoms with Crippen molar-refractivity contribution in [1.82, 2.24) is 0 Å². The number of carboxylic acids is 1. The maximum atomic E-state index is 10.5. The number of nitroso groups, excluding NO2 is 1. The zero-order valence-corrected chi connectivity index (χ0v) is 8.30. The van der Waals surface area contributed by atoms with Crippen molar-refractivity contribution in [3.63, 3.8) is 0 Å². The Kier molecular flexibility index (Phi) is 4.47. The molecule has 0 bridgehead atoms. The van der Waals surface area contributed by atoms with Crippen molar-refractivity contribution >= 4 is 5.97 Å². The highest BCUT2D eigenvalue weighted by atomic mass is 16.4. The van der Waals surface area contributed by atoms with Crippen molar-refractivity contribution in [3.8, 4) is 0 Å². The van der Waals surface area contributed by atoms with Crippen LogP contribution in [0.4, 0.5) is 0 Å². The highest BCUT2D eigenvalue weighted by molar-refractivity contribution is 5.73. The van der Waals surface area contributed by atoms with E-state index in [4.69, 9.17) is 5.11 Å². The van der Waals surface area contributed by atoms with Crippen LogP contribution in [0.3, 0.4) is 0 Å². The molecule has 1 aromatic rings. The van der Waals surface area contributed by atoms with Crippen LogP contribution in [-0.2, 0) is 11.2 Å². The molecule has 0 aliphatic rings. The predicted octanol–water partition coefficient (Wildman–Crippen LogP) is 2.23. The molecule has 0 heterocycles. The Hall–Kier alpha value is -1.71. The van der Waals surface area contributed by atoms with Gasteiger partial charge in [0.2, 0.25) is 0 Å². The topological polar surface area (TPSA) is 66.7 Å². The van der Waals surface area contributed by atoms with Gasteiger partial charge in [0.05, 0.1) is 0 Å². The SMILES string of the molecule is O=NC(CCCc1ccccc1)C(=O)O. The van der Waals surface area contributed by atoms with Gasteiger partial charge in [-0.15, -0.1) is 4.91 Å². The summed E-state index contributed by atoms with van der Waals surface area (Å²) in [6, 6.07) is 8.64. The predicted molar refractivity (Wildman–Crippen MR) is 56.6 cm³/mol. The van der Waals surface area contributed by atoms with Crippen molar-refractivity contribution in [3.05, 3.63) is 40.8 Å². The Morgan fingerprint density at radius 2 is 2.00 bits per heavy atom. The number of rotatable bonds is 6. The summed E-state index contributed by atoms with van der Waals surface area (Å²) in [4.78, 5) is 20.6. The summed E-state index contributed by atoms with van der Waals surface area (Å²) >= 11 is 0. The molecular formula is C11H13NO3. The first kappa shape index (κ1) is 11.4. The lowest BCUT2D eigenvalue weighted by Crippen LogP contribution is -2.17. The molecule has 4 nitrogen and oxygen atoms in total. The molecule has 0 spiro atoms. The van der Waals surface area contributed by atoms with E-state index in [-0.39, 0.29) is 0 Å². The Bertz CT molecular complexity index is 324. The van der Waals surface area contributed by atoms with Crippen molar-refractivity contribution in [2.45, 2.75) is 25.3 Å². The van der Waals surface area contributed by atoms with Crippen molar-refractivity contribution < 1.29 is 9.90 Å². The third-order valence-corrected chi connectivity index (χ3v) is 2.20. The Labute approximate surface area is 87.9 Å². The normalized spacial score (nSPS) is 12.0. The molecule has 1 atom stereocenters. The van der Waals surface area contributed by atoms with Crippen LogP contribution in [0, 0.1) is 4.91 Å². The van der Waals surface area contributed by atoms with Gasteiger partial charge in [-0.25, -0.2) is 4.79 Å². The fraction of sp³-hybridized carbons (Fsp3) is 0.364. The Balaban J connectivity index is 2.33. The minimum Gasteiger partial charge on any atom is -0.480 e. The first-order valence-corrected chi connectivity index (χ1v) is 4.83. The summed E-state index contributed by atoms with van der Waals surface area (Å²) in [6.45, 7) is 0. The Morgan fingerprint density at radius 3 is 2.53 bits per heavy atom. The number of nitrogens with zero attached hydrogens (tertiary/aromatic N) is 1. The van der Waals surface area contributed by atoms with Gasteiger partial charge in [0.1, 0.15) is 0 Å². The molecule has 0 amide bonds. The number of hydrogen-bond acceptors (Lipinski definition) is 3. The number of carboxylic acid groups (broad SMARTS) is 1. The second-order valence-electron chi connectivity index (χ2n) is 3.34. The van der Waals surface area contributed by atoms with Gasteiger partial charge >= 0.3 is 5.97 Å². The van der Waals surface area contributed by atoms with Crippen LogP contribution in [0.1, 0.15) is 18.4 Å². The maximum absolute atomic E-state index is 10.5. The molecular weight excluding hydrogens is 194 g/mol. The van der Waals surface area contributed by atoms with E-state index in [1.165, 1.54) is 0 Å². The average Bonchev–Trinajstić information content (AvgIpc) is 2.25. The first-order chi connectivity index (χ1) is 7.24. The molecule has 4 heteroatoms. The van der Waals surface area contributed by atoms with Crippen LogP contribution < -0.4 is 0 Å². The van der Waals surface area contributed by atoms with E-state index in [2.05, 4.69) is 5.18 Å². The highest BCUT2D eigenvalue weighted by Gasteiger charge is 2.16. The third-order valence-electron chi connectivity index (χ3n) is 2.20. The minimum atomic E-state index is -1.14. The monoisotopic (exact) mass is 207 g/mol. The number of carbonyl (C=O) groups is 1. The minimum absolute atomic E-state index is 0.299. The molecule has 0 aromatic heterocycles. The van der Waals surface area contributed by atoms with Crippen LogP contribution in [-0.4, -0.2) is 17.1 Å². The highest BCUT2D eigenvalue weighted by Crippen LogP contribution is 2.08. The zero-order chi connectivity index (χ0) is 11.1. The zero-order valence-electron chi connectivity index (χ0n) is 8.30. The summed E-state index contributed by atoms with van der Waals surface area (Å²) < 4.78 is 0. The average molecular weight is 207 g/mol. The Morgan fingerprint density at radius 1 is 1.33 bits per heavy atom. The van der Waals surface area contributed by atoms with Gasteiger partial charge in [0.15, 0.2) is 6.04 Å². The van der Waals surface area contributed by atoms with Crippen LogP contribution in [0.2, 0.25) is 0 Å². The smallest absolute Gasteiger partial charge is 0.332 e. The summed E-state index contributed by atoms with van der Waals surface area (Å²) in [7, 11) is 0. The summed E-state index contributed by atoms with van der Waals surface area (Å²) in [6.07, 6.45) is 1.74. The fourth-order valence-electron chi connectivity index (χ4n) is 1.37. The second-order valence-corrected chi connectivity index (χ2v) is 3.34. The molecule has 0 aliphatic heterocycles. The quantitative estimate of drug-likeness (QED) is 0.727. The van der Waals surface area contributed by atoms with Crippen LogP contribution in [0.25, 0.3) is 0 Å². The van der Waals surface area contributed by atoms with Gasteiger partial charge in [0, 0.05) is 0 Å². The maximum Gasteiger partial charge on any atom is 0.332 e. The molecule has 80 valence electrons. The summed E-state index contributed by atoms with van der Waals surface area (Å²) in [5, 5.41) is 11.1. The fourth-order valence-corrected chi connectivity index (χ4v) is 1.37. The van der Waals surface area contributed by atoms with E-state index in [1.807, 2.05) is 30.3 Å². The van der Waals surface area contributed by atoms with Crippen molar-refractivity contribution in [1.29, 1.82) is 0 Å². The first-order valence-electron chi connectivity index (χ1n) is 4.83. The van der Waals surface area contributed by atoms with Crippen molar-refractivity contribution in [2.75, 3.05) is 0 Å². The molecule has 1 rings (SSSR count). The molecule has 0 saturated carbocycles.